The summed E-state index contributed by atoms with van der Waals surface area (Å²) in [6, 6.07) is 9.41. The van der Waals surface area contributed by atoms with Crippen molar-refractivity contribution in [3.05, 3.63) is 64.7 Å². The third kappa shape index (κ3) is 2.63. The summed E-state index contributed by atoms with van der Waals surface area (Å²) in [5, 5.41) is 0. The van der Waals surface area contributed by atoms with Crippen LogP contribution in [-0.4, -0.2) is 12.4 Å². The first kappa shape index (κ1) is 13.7. The topological polar surface area (TPSA) is 26.3 Å². The predicted molar refractivity (Wildman–Crippen MR) is 70.5 cm³/mol. The molecule has 1 aliphatic heterocycles. The average Bonchev–Trinajstić information content (AvgIpc) is 2.93. The second-order valence-corrected chi connectivity index (χ2v) is 4.83. The molecule has 2 aromatic rings. The van der Waals surface area contributed by atoms with Gasteiger partial charge < -0.3 is 4.74 Å². The van der Waals surface area contributed by atoms with Gasteiger partial charge in [0.25, 0.3) is 0 Å². The number of carbonyl (C=O) groups excluding carboxylic acids is 1. The minimum absolute atomic E-state index is 0.0312. The van der Waals surface area contributed by atoms with E-state index < -0.39 is 17.5 Å². The first-order valence-electron chi connectivity index (χ1n) is 6.43. The molecule has 1 heterocycles. The molecule has 0 aromatic heterocycles. The lowest BCUT2D eigenvalue weighted by atomic mass is 9.99. The highest BCUT2D eigenvalue weighted by atomic mass is 19.4. The van der Waals surface area contributed by atoms with Crippen molar-refractivity contribution < 1.29 is 22.7 Å². The largest absolute Gasteiger partial charge is 0.493 e. The van der Waals surface area contributed by atoms with Gasteiger partial charge >= 0.3 is 6.18 Å². The molecule has 0 N–H and O–H groups in total. The Balaban J connectivity index is 1.95. The number of halogens is 3. The van der Waals surface area contributed by atoms with Crippen LogP contribution in [0.1, 0.15) is 27.0 Å². The SMILES string of the molecule is O=C(c1cccc(C(F)(F)F)c1)c1ccc2c(c1)CCO2. The van der Waals surface area contributed by atoms with Crippen molar-refractivity contribution in [2.45, 2.75) is 12.6 Å². The summed E-state index contributed by atoms with van der Waals surface area (Å²) < 4.78 is 43.4. The van der Waals surface area contributed by atoms with E-state index in [1.807, 2.05) is 0 Å². The maximum Gasteiger partial charge on any atom is 0.416 e. The number of carbonyl (C=O) groups is 1. The number of alkyl halides is 3. The third-order valence-electron chi connectivity index (χ3n) is 3.40. The third-order valence-corrected chi connectivity index (χ3v) is 3.40. The Labute approximate surface area is 119 Å². The summed E-state index contributed by atoms with van der Waals surface area (Å²) in [4.78, 5) is 12.3. The monoisotopic (exact) mass is 292 g/mol. The summed E-state index contributed by atoms with van der Waals surface area (Å²) in [7, 11) is 0. The molecule has 0 bridgehead atoms. The lowest BCUT2D eigenvalue weighted by Crippen LogP contribution is -2.08. The second kappa shape index (κ2) is 4.91. The standard InChI is InChI=1S/C16H11F3O2/c17-16(18,19)13-3-1-2-11(9-13)15(20)12-4-5-14-10(8-12)6-7-21-14/h1-5,8-9H,6-7H2. The van der Waals surface area contributed by atoms with E-state index in [2.05, 4.69) is 0 Å². The number of ketones is 1. The maximum atomic E-state index is 12.7. The molecule has 108 valence electrons. The van der Waals surface area contributed by atoms with Crippen molar-refractivity contribution in [1.29, 1.82) is 0 Å². The number of hydrogen-bond acceptors (Lipinski definition) is 2. The van der Waals surface area contributed by atoms with Crippen molar-refractivity contribution in [3.8, 4) is 5.75 Å². The fourth-order valence-corrected chi connectivity index (χ4v) is 2.33. The molecule has 2 nitrogen and oxygen atoms in total. The van der Waals surface area contributed by atoms with E-state index in [4.69, 9.17) is 4.74 Å². The Morgan fingerprint density at radius 3 is 2.57 bits per heavy atom. The Hall–Kier alpha value is -2.30. The van der Waals surface area contributed by atoms with Gasteiger partial charge in [-0.25, -0.2) is 0 Å². The van der Waals surface area contributed by atoms with E-state index in [1.165, 1.54) is 12.1 Å². The first-order valence-corrected chi connectivity index (χ1v) is 6.43. The van der Waals surface area contributed by atoms with Crippen molar-refractivity contribution in [1.82, 2.24) is 0 Å². The minimum Gasteiger partial charge on any atom is -0.493 e. The Kier molecular flexibility index (Phi) is 3.20. The molecule has 0 aliphatic carbocycles. The zero-order valence-electron chi connectivity index (χ0n) is 10.9. The molecule has 0 radical (unpaired) electrons. The Bertz CT molecular complexity index is 705. The van der Waals surface area contributed by atoms with Crippen molar-refractivity contribution in [3.63, 3.8) is 0 Å². The average molecular weight is 292 g/mol. The summed E-state index contributed by atoms with van der Waals surface area (Å²) >= 11 is 0. The van der Waals surface area contributed by atoms with Gasteiger partial charge in [-0.05, 0) is 35.9 Å². The fraction of sp³-hybridized carbons (Fsp3) is 0.188. The molecule has 0 unspecified atom stereocenters. The molecule has 0 fully saturated rings. The molecule has 0 atom stereocenters. The van der Waals surface area contributed by atoms with Crippen molar-refractivity contribution in [2.24, 2.45) is 0 Å². The Morgan fingerprint density at radius 2 is 1.81 bits per heavy atom. The van der Waals surface area contributed by atoms with Crippen LogP contribution in [0.3, 0.4) is 0 Å². The van der Waals surface area contributed by atoms with Crippen LogP contribution in [-0.2, 0) is 12.6 Å². The molecule has 21 heavy (non-hydrogen) atoms. The molecular weight excluding hydrogens is 281 g/mol. The number of benzene rings is 2. The van der Waals surface area contributed by atoms with Crippen LogP contribution in [0.2, 0.25) is 0 Å². The van der Waals surface area contributed by atoms with Crippen LogP contribution < -0.4 is 4.74 Å². The van der Waals surface area contributed by atoms with E-state index in [0.29, 0.717) is 18.6 Å². The molecule has 0 amide bonds. The van der Waals surface area contributed by atoms with E-state index in [0.717, 1.165) is 23.4 Å². The quantitative estimate of drug-likeness (QED) is 0.785. The van der Waals surface area contributed by atoms with Crippen molar-refractivity contribution >= 4 is 5.78 Å². The molecular formula is C16H11F3O2. The molecule has 0 saturated carbocycles. The summed E-state index contributed by atoms with van der Waals surface area (Å²) in [5.74, 6) is 0.311. The highest BCUT2D eigenvalue weighted by molar-refractivity contribution is 6.09. The molecule has 3 rings (SSSR count). The summed E-state index contributed by atoms with van der Waals surface area (Å²) in [5.41, 5.74) is 0.493. The van der Waals surface area contributed by atoms with Crippen LogP contribution in [0.5, 0.6) is 5.75 Å². The van der Waals surface area contributed by atoms with E-state index in [-0.39, 0.29) is 5.56 Å². The van der Waals surface area contributed by atoms with Gasteiger partial charge in [0.1, 0.15) is 5.75 Å². The molecule has 0 spiro atoms. The van der Waals surface area contributed by atoms with Gasteiger partial charge in [-0.1, -0.05) is 12.1 Å². The number of rotatable bonds is 2. The summed E-state index contributed by atoms with van der Waals surface area (Å²) in [6.07, 6.45) is -3.75. The first-order chi connectivity index (χ1) is 9.95. The number of hydrogen-bond donors (Lipinski definition) is 0. The van der Waals surface area contributed by atoms with Gasteiger partial charge in [0.05, 0.1) is 12.2 Å². The van der Waals surface area contributed by atoms with E-state index in [1.54, 1.807) is 18.2 Å². The van der Waals surface area contributed by atoms with Gasteiger partial charge in [0, 0.05) is 17.5 Å². The van der Waals surface area contributed by atoms with Crippen LogP contribution in [0.15, 0.2) is 42.5 Å². The normalized spacial score (nSPS) is 13.7. The van der Waals surface area contributed by atoms with Crippen molar-refractivity contribution in [2.75, 3.05) is 6.61 Å². The molecule has 5 heteroatoms. The second-order valence-electron chi connectivity index (χ2n) is 4.83. The van der Waals surface area contributed by atoms with Gasteiger partial charge in [0.2, 0.25) is 0 Å². The van der Waals surface area contributed by atoms with Crippen LogP contribution >= 0.6 is 0 Å². The van der Waals surface area contributed by atoms with E-state index >= 15 is 0 Å². The minimum atomic E-state index is -4.46. The zero-order valence-corrected chi connectivity index (χ0v) is 10.9. The zero-order chi connectivity index (χ0) is 15.0. The predicted octanol–water partition coefficient (Wildman–Crippen LogP) is 3.87. The lowest BCUT2D eigenvalue weighted by molar-refractivity contribution is -0.137. The smallest absolute Gasteiger partial charge is 0.416 e. The van der Waals surface area contributed by atoms with Gasteiger partial charge in [-0.2, -0.15) is 13.2 Å². The number of ether oxygens (including phenoxy) is 1. The Morgan fingerprint density at radius 1 is 1.05 bits per heavy atom. The maximum absolute atomic E-state index is 12.7. The summed E-state index contributed by atoms with van der Waals surface area (Å²) in [6.45, 7) is 0.566. The molecule has 2 aromatic carbocycles. The fourth-order valence-electron chi connectivity index (χ4n) is 2.33. The lowest BCUT2D eigenvalue weighted by Gasteiger charge is -2.08. The number of fused-ring (bicyclic) bond motifs is 1. The van der Waals surface area contributed by atoms with Crippen LogP contribution in [0.25, 0.3) is 0 Å². The van der Waals surface area contributed by atoms with Crippen LogP contribution in [0, 0.1) is 0 Å². The molecule has 0 saturated heterocycles. The highest BCUT2D eigenvalue weighted by Gasteiger charge is 2.31. The van der Waals surface area contributed by atoms with Gasteiger partial charge in [-0.3, -0.25) is 4.79 Å². The highest BCUT2D eigenvalue weighted by Crippen LogP contribution is 2.31. The van der Waals surface area contributed by atoms with Gasteiger partial charge in [-0.15, -0.1) is 0 Å². The molecule has 1 aliphatic rings. The van der Waals surface area contributed by atoms with E-state index in [9.17, 15) is 18.0 Å². The van der Waals surface area contributed by atoms with Gasteiger partial charge in [0.15, 0.2) is 5.78 Å². The van der Waals surface area contributed by atoms with Crippen LogP contribution in [0.4, 0.5) is 13.2 Å².